The normalized spacial score (nSPS) is 22.7. The van der Waals surface area contributed by atoms with E-state index >= 15 is 0 Å². The number of nitro benzene ring substituents is 1. The number of likely N-dealkylation sites (tertiary alicyclic amines) is 1. The van der Waals surface area contributed by atoms with E-state index in [0.29, 0.717) is 17.6 Å². The second kappa shape index (κ2) is 7.61. The van der Waals surface area contributed by atoms with Crippen molar-refractivity contribution in [1.29, 1.82) is 0 Å². The van der Waals surface area contributed by atoms with Crippen LogP contribution in [0.4, 0.5) is 11.4 Å². The molecular formula is C17H25N3O4. The van der Waals surface area contributed by atoms with E-state index < -0.39 is 4.92 Å². The van der Waals surface area contributed by atoms with E-state index in [9.17, 15) is 14.9 Å². The summed E-state index contributed by atoms with van der Waals surface area (Å²) in [5.74, 6) is 1.23. The summed E-state index contributed by atoms with van der Waals surface area (Å²) in [6.45, 7) is 7.94. The molecule has 0 bridgehead atoms. The molecule has 24 heavy (non-hydrogen) atoms. The van der Waals surface area contributed by atoms with Crippen LogP contribution in [0.15, 0.2) is 18.2 Å². The molecule has 0 aliphatic carbocycles. The van der Waals surface area contributed by atoms with Gasteiger partial charge in [-0.3, -0.25) is 19.8 Å². The minimum Gasteiger partial charge on any atom is -0.496 e. The third kappa shape index (κ3) is 4.23. The van der Waals surface area contributed by atoms with E-state index in [1.807, 2.05) is 6.92 Å². The van der Waals surface area contributed by atoms with E-state index in [-0.39, 0.29) is 23.3 Å². The molecule has 1 amide bonds. The van der Waals surface area contributed by atoms with Crippen molar-refractivity contribution in [1.82, 2.24) is 4.90 Å². The fourth-order valence-corrected chi connectivity index (χ4v) is 3.33. The van der Waals surface area contributed by atoms with E-state index in [4.69, 9.17) is 4.74 Å². The van der Waals surface area contributed by atoms with Crippen molar-refractivity contribution in [3.05, 3.63) is 28.3 Å². The molecule has 0 radical (unpaired) electrons. The smallest absolute Gasteiger partial charge is 0.296 e. The summed E-state index contributed by atoms with van der Waals surface area (Å²) in [5.41, 5.74) is 0.0195. The van der Waals surface area contributed by atoms with E-state index in [1.54, 1.807) is 6.07 Å². The number of carbonyl (C=O) groups is 1. The van der Waals surface area contributed by atoms with E-state index in [0.717, 1.165) is 19.5 Å². The number of nitrogens with one attached hydrogen (secondary N) is 1. The second-order valence-corrected chi connectivity index (χ2v) is 6.71. The predicted octanol–water partition coefficient (Wildman–Crippen LogP) is 2.91. The van der Waals surface area contributed by atoms with Gasteiger partial charge in [0, 0.05) is 13.1 Å². The van der Waals surface area contributed by atoms with Crippen LogP contribution in [0.5, 0.6) is 5.75 Å². The van der Waals surface area contributed by atoms with Crippen LogP contribution in [0.25, 0.3) is 0 Å². The number of hydrogen-bond donors (Lipinski definition) is 1. The Balaban J connectivity index is 2.12. The number of carbonyl (C=O) groups excluding carboxylic acids is 1. The van der Waals surface area contributed by atoms with Gasteiger partial charge in [-0.15, -0.1) is 0 Å². The molecule has 1 heterocycles. The van der Waals surface area contributed by atoms with Crippen molar-refractivity contribution in [2.45, 2.75) is 33.2 Å². The van der Waals surface area contributed by atoms with Crippen LogP contribution in [0.1, 0.15) is 27.2 Å². The Labute approximate surface area is 142 Å². The maximum atomic E-state index is 12.5. The third-order valence-corrected chi connectivity index (χ3v) is 4.48. The molecule has 1 saturated heterocycles. The van der Waals surface area contributed by atoms with Gasteiger partial charge in [0.1, 0.15) is 11.4 Å². The fourth-order valence-electron chi connectivity index (χ4n) is 3.33. The average Bonchev–Trinajstić information content (AvgIpc) is 2.53. The highest BCUT2D eigenvalue weighted by atomic mass is 16.6. The molecule has 7 heteroatoms. The Morgan fingerprint density at radius 1 is 1.38 bits per heavy atom. The van der Waals surface area contributed by atoms with E-state index in [2.05, 4.69) is 24.1 Å². The molecule has 0 unspecified atom stereocenters. The molecule has 132 valence electrons. The number of benzene rings is 1. The second-order valence-electron chi connectivity index (χ2n) is 6.71. The SMILES string of the molecule is COc1ccc(NC(=O)[C@H](C)N2C[C@H](C)C[C@@H](C)C2)c([N+](=O)[O-])c1. The molecule has 1 aromatic carbocycles. The molecule has 7 nitrogen and oxygen atoms in total. The quantitative estimate of drug-likeness (QED) is 0.660. The zero-order chi connectivity index (χ0) is 17.9. The zero-order valence-corrected chi connectivity index (χ0v) is 14.6. The summed E-state index contributed by atoms with van der Waals surface area (Å²) < 4.78 is 5.01. The molecule has 1 N–H and O–H groups in total. The van der Waals surface area contributed by atoms with Crippen LogP contribution in [0, 0.1) is 22.0 Å². The largest absolute Gasteiger partial charge is 0.496 e. The van der Waals surface area contributed by atoms with Crippen molar-refractivity contribution in [3.63, 3.8) is 0 Å². The number of piperidine rings is 1. The Hall–Kier alpha value is -2.15. The highest BCUT2D eigenvalue weighted by Gasteiger charge is 2.29. The maximum absolute atomic E-state index is 12.5. The van der Waals surface area contributed by atoms with Crippen molar-refractivity contribution < 1.29 is 14.5 Å². The van der Waals surface area contributed by atoms with Crippen LogP contribution in [-0.4, -0.2) is 42.0 Å². The van der Waals surface area contributed by atoms with Crippen molar-refractivity contribution >= 4 is 17.3 Å². The molecule has 3 atom stereocenters. The molecule has 2 rings (SSSR count). The Kier molecular flexibility index (Phi) is 5.77. The molecule has 0 spiro atoms. The number of hydrogen-bond acceptors (Lipinski definition) is 5. The van der Waals surface area contributed by atoms with Gasteiger partial charge >= 0.3 is 0 Å². The van der Waals surface area contributed by atoms with Crippen LogP contribution in [-0.2, 0) is 4.79 Å². The first-order valence-corrected chi connectivity index (χ1v) is 8.19. The van der Waals surface area contributed by atoms with Crippen LogP contribution >= 0.6 is 0 Å². The first kappa shape index (κ1) is 18.2. The van der Waals surface area contributed by atoms with Gasteiger partial charge in [0.15, 0.2) is 0 Å². The van der Waals surface area contributed by atoms with Gasteiger partial charge in [-0.2, -0.15) is 0 Å². The number of nitrogens with zero attached hydrogens (tertiary/aromatic N) is 2. The standard InChI is InChI=1S/C17H25N3O4/c1-11-7-12(2)10-19(9-11)13(3)17(21)18-15-6-5-14(24-4)8-16(15)20(22)23/h5-6,8,11-13H,7,9-10H2,1-4H3,(H,18,21)/t11-,12-,13+/m1/s1. The Morgan fingerprint density at radius 3 is 2.54 bits per heavy atom. The summed E-state index contributed by atoms with van der Waals surface area (Å²) >= 11 is 0. The monoisotopic (exact) mass is 335 g/mol. The third-order valence-electron chi connectivity index (χ3n) is 4.48. The number of anilines is 1. The summed E-state index contributed by atoms with van der Waals surface area (Å²) in [4.78, 5) is 25.4. The topological polar surface area (TPSA) is 84.7 Å². The number of nitro groups is 1. The van der Waals surface area contributed by atoms with Gasteiger partial charge in [-0.05, 0) is 37.3 Å². The minimum atomic E-state index is -0.520. The van der Waals surface area contributed by atoms with Gasteiger partial charge in [-0.1, -0.05) is 13.8 Å². The van der Waals surface area contributed by atoms with Gasteiger partial charge in [0.2, 0.25) is 5.91 Å². The van der Waals surface area contributed by atoms with Crippen LogP contribution in [0.2, 0.25) is 0 Å². The highest BCUT2D eigenvalue weighted by Crippen LogP contribution is 2.29. The number of amides is 1. The van der Waals surface area contributed by atoms with E-state index in [1.165, 1.54) is 19.2 Å². The average molecular weight is 335 g/mol. The van der Waals surface area contributed by atoms with Gasteiger partial charge in [0.05, 0.1) is 24.1 Å². The Bertz CT molecular complexity index is 610. The highest BCUT2D eigenvalue weighted by molar-refractivity contribution is 5.96. The molecule has 1 fully saturated rings. The summed E-state index contributed by atoms with van der Waals surface area (Å²) in [6, 6.07) is 4.07. The lowest BCUT2D eigenvalue weighted by Crippen LogP contribution is -2.48. The molecule has 0 saturated carbocycles. The molecule has 1 aliphatic heterocycles. The molecular weight excluding hydrogens is 310 g/mol. The summed E-state index contributed by atoms with van der Waals surface area (Å²) in [7, 11) is 1.44. The van der Waals surface area contributed by atoms with Gasteiger partial charge in [0.25, 0.3) is 5.69 Å². The van der Waals surface area contributed by atoms with Crippen LogP contribution < -0.4 is 10.1 Å². The van der Waals surface area contributed by atoms with Gasteiger partial charge < -0.3 is 10.1 Å². The lowest BCUT2D eigenvalue weighted by Gasteiger charge is -2.38. The zero-order valence-electron chi connectivity index (χ0n) is 14.6. The fraction of sp³-hybridized carbons (Fsp3) is 0.588. The minimum absolute atomic E-state index is 0.171. The molecule has 0 aromatic heterocycles. The summed E-state index contributed by atoms with van der Waals surface area (Å²) in [6.07, 6.45) is 1.16. The number of methoxy groups -OCH3 is 1. The number of rotatable bonds is 5. The first-order valence-electron chi connectivity index (χ1n) is 8.19. The maximum Gasteiger partial charge on any atom is 0.296 e. The van der Waals surface area contributed by atoms with Crippen LogP contribution in [0.3, 0.4) is 0 Å². The lowest BCUT2D eigenvalue weighted by atomic mass is 9.91. The molecule has 1 aliphatic rings. The van der Waals surface area contributed by atoms with Crippen molar-refractivity contribution in [2.75, 3.05) is 25.5 Å². The number of ether oxygens (including phenoxy) is 1. The van der Waals surface area contributed by atoms with Gasteiger partial charge in [-0.25, -0.2) is 0 Å². The lowest BCUT2D eigenvalue weighted by molar-refractivity contribution is -0.384. The first-order chi connectivity index (χ1) is 11.3. The predicted molar refractivity (Wildman–Crippen MR) is 92.3 cm³/mol. The summed E-state index contributed by atoms with van der Waals surface area (Å²) in [5, 5.41) is 13.9. The molecule has 1 aromatic rings. The van der Waals surface area contributed by atoms with Crippen molar-refractivity contribution in [2.24, 2.45) is 11.8 Å². The Morgan fingerprint density at radius 2 is 2.00 bits per heavy atom. The van der Waals surface area contributed by atoms with Crippen molar-refractivity contribution in [3.8, 4) is 5.75 Å².